The highest BCUT2D eigenvalue weighted by molar-refractivity contribution is 7.16. The molecule has 1 saturated heterocycles. The number of hydrogen-bond acceptors (Lipinski definition) is 3. The highest BCUT2D eigenvalue weighted by Crippen LogP contribution is 2.27. The number of hydrogen-bond donors (Lipinski definition) is 1. The van der Waals surface area contributed by atoms with Crippen LogP contribution < -0.4 is 5.32 Å². The van der Waals surface area contributed by atoms with E-state index in [2.05, 4.69) is 37.1 Å². The second-order valence-electron chi connectivity index (χ2n) is 5.10. The Kier molecular flexibility index (Phi) is 4.47. The summed E-state index contributed by atoms with van der Waals surface area (Å²) in [5.41, 5.74) is 0. The van der Waals surface area contributed by atoms with Crippen molar-refractivity contribution in [3.63, 3.8) is 0 Å². The van der Waals surface area contributed by atoms with Gasteiger partial charge in [-0.25, -0.2) is 0 Å². The highest BCUT2D eigenvalue weighted by Gasteiger charge is 2.25. The van der Waals surface area contributed by atoms with E-state index in [0.717, 1.165) is 4.34 Å². The molecule has 0 spiro atoms. The molecular weight excluding hydrogens is 252 g/mol. The molecule has 1 aliphatic heterocycles. The van der Waals surface area contributed by atoms with Crippen molar-refractivity contribution in [3.8, 4) is 0 Å². The van der Waals surface area contributed by atoms with E-state index in [-0.39, 0.29) is 0 Å². The van der Waals surface area contributed by atoms with Crippen molar-refractivity contribution in [2.24, 2.45) is 0 Å². The Balaban J connectivity index is 1.86. The number of rotatable bonds is 4. The molecule has 0 amide bonds. The monoisotopic (exact) mass is 272 g/mol. The molecule has 17 heavy (non-hydrogen) atoms. The average Bonchev–Trinajstić information content (AvgIpc) is 2.86. The van der Waals surface area contributed by atoms with Crippen LogP contribution in [0.5, 0.6) is 0 Å². The molecule has 2 atom stereocenters. The van der Waals surface area contributed by atoms with Gasteiger partial charge in [-0.1, -0.05) is 11.6 Å². The molecule has 0 bridgehead atoms. The van der Waals surface area contributed by atoms with Crippen molar-refractivity contribution in [2.75, 3.05) is 13.1 Å². The van der Waals surface area contributed by atoms with Gasteiger partial charge >= 0.3 is 0 Å². The minimum Gasteiger partial charge on any atom is -0.305 e. The SMILES string of the molecule is CC(NC1CCN(C(C)C)C1)c1ccc(Cl)s1. The third-order valence-electron chi connectivity index (χ3n) is 3.46. The third-order valence-corrected chi connectivity index (χ3v) is 4.87. The van der Waals surface area contributed by atoms with Crippen LogP contribution in [0.2, 0.25) is 4.34 Å². The average molecular weight is 273 g/mol. The summed E-state index contributed by atoms with van der Waals surface area (Å²) < 4.78 is 0.879. The van der Waals surface area contributed by atoms with Crippen molar-refractivity contribution >= 4 is 22.9 Å². The second-order valence-corrected chi connectivity index (χ2v) is 6.85. The molecule has 0 aliphatic carbocycles. The van der Waals surface area contributed by atoms with E-state index < -0.39 is 0 Å². The minimum atomic E-state index is 0.407. The van der Waals surface area contributed by atoms with Crippen molar-refractivity contribution in [2.45, 2.75) is 45.3 Å². The molecule has 2 unspecified atom stereocenters. The van der Waals surface area contributed by atoms with E-state index in [1.807, 2.05) is 6.07 Å². The normalized spacial score (nSPS) is 23.5. The summed E-state index contributed by atoms with van der Waals surface area (Å²) in [5.74, 6) is 0. The molecule has 1 fully saturated rings. The Morgan fingerprint density at radius 1 is 1.41 bits per heavy atom. The van der Waals surface area contributed by atoms with Crippen molar-refractivity contribution in [3.05, 3.63) is 21.3 Å². The molecule has 2 rings (SSSR count). The van der Waals surface area contributed by atoms with Gasteiger partial charge in [-0.15, -0.1) is 11.3 Å². The Hall–Kier alpha value is -0.0900. The molecule has 0 saturated carbocycles. The Labute approximate surface area is 113 Å². The standard InChI is InChI=1S/C13H21ClN2S/c1-9(2)16-7-6-11(8-16)15-10(3)12-4-5-13(14)17-12/h4-5,9-11,15H,6-8H2,1-3H3. The summed E-state index contributed by atoms with van der Waals surface area (Å²) in [4.78, 5) is 3.86. The smallest absolute Gasteiger partial charge is 0.0931 e. The Morgan fingerprint density at radius 2 is 2.18 bits per heavy atom. The van der Waals surface area contributed by atoms with Gasteiger partial charge < -0.3 is 5.32 Å². The molecule has 0 aromatic carbocycles. The van der Waals surface area contributed by atoms with Crippen molar-refractivity contribution in [1.29, 1.82) is 0 Å². The van der Waals surface area contributed by atoms with Gasteiger partial charge in [0.1, 0.15) is 0 Å². The van der Waals surface area contributed by atoms with Gasteiger partial charge in [0.15, 0.2) is 0 Å². The first kappa shape index (κ1) is 13.3. The van der Waals surface area contributed by atoms with Crippen LogP contribution in [-0.4, -0.2) is 30.1 Å². The maximum absolute atomic E-state index is 5.97. The Bertz CT molecular complexity index is 364. The lowest BCUT2D eigenvalue weighted by Crippen LogP contribution is -2.36. The van der Waals surface area contributed by atoms with E-state index in [4.69, 9.17) is 11.6 Å². The van der Waals surface area contributed by atoms with Crippen LogP contribution in [0.4, 0.5) is 0 Å². The molecule has 96 valence electrons. The fourth-order valence-corrected chi connectivity index (χ4v) is 3.46. The van der Waals surface area contributed by atoms with Gasteiger partial charge in [0.2, 0.25) is 0 Å². The van der Waals surface area contributed by atoms with Crippen LogP contribution in [0.3, 0.4) is 0 Å². The number of nitrogens with zero attached hydrogens (tertiary/aromatic N) is 1. The maximum atomic E-state index is 5.97. The van der Waals surface area contributed by atoms with E-state index in [9.17, 15) is 0 Å². The summed E-state index contributed by atoms with van der Waals surface area (Å²) in [6.45, 7) is 9.14. The molecule has 1 aliphatic rings. The zero-order valence-corrected chi connectivity index (χ0v) is 12.3. The van der Waals surface area contributed by atoms with E-state index in [0.29, 0.717) is 18.1 Å². The summed E-state index contributed by atoms with van der Waals surface area (Å²) in [5, 5.41) is 3.70. The van der Waals surface area contributed by atoms with Crippen LogP contribution in [0.1, 0.15) is 38.1 Å². The minimum absolute atomic E-state index is 0.407. The largest absolute Gasteiger partial charge is 0.305 e. The van der Waals surface area contributed by atoms with Gasteiger partial charge in [0.05, 0.1) is 4.34 Å². The van der Waals surface area contributed by atoms with Gasteiger partial charge in [-0.2, -0.15) is 0 Å². The fourth-order valence-electron chi connectivity index (χ4n) is 2.39. The second kappa shape index (κ2) is 5.70. The fraction of sp³-hybridized carbons (Fsp3) is 0.692. The van der Waals surface area contributed by atoms with Gasteiger partial charge in [-0.3, -0.25) is 4.90 Å². The summed E-state index contributed by atoms with van der Waals surface area (Å²) in [6.07, 6.45) is 1.25. The first-order valence-electron chi connectivity index (χ1n) is 6.31. The summed E-state index contributed by atoms with van der Waals surface area (Å²) >= 11 is 7.64. The first-order valence-corrected chi connectivity index (χ1v) is 7.51. The lowest BCUT2D eigenvalue weighted by Gasteiger charge is -2.22. The van der Waals surface area contributed by atoms with E-state index in [1.54, 1.807) is 11.3 Å². The predicted molar refractivity (Wildman–Crippen MR) is 76.0 cm³/mol. The molecule has 1 aromatic rings. The Morgan fingerprint density at radius 3 is 2.71 bits per heavy atom. The van der Waals surface area contributed by atoms with Gasteiger partial charge in [0, 0.05) is 29.5 Å². The molecule has 2 nitrogen and oxygen atoms in total. The molecule has 2 heterocycles. The van der Waals surface area contributed by atoms with E-state index in [1.165, 1.54) is 24.4 Å². The highest BCUT2D eigenvalue weighted by atomic mass is 35.5. The zero-order valence-electron chi connectivity index (χ0n) is 10.7. The molecule has 1 N–H and O–H groups in total. The summed E-state index contributed by atoms with van der Waals surface area (Å²) in [7, 11) is 0. The van der Waals surface area contributed by atoms with Gasteiger partial charge in [0.25, 0.3) is 0 Å². The predicted octanol–water partition coefficient (Wildman–Crippen LogP) is 3.53. The van der Waals surface area contributed by atoms with Crippen LogP contribution in [-0.2, 0) is 0 Å². The van der Waals surface area contributed by atoms with Crippen LogP contribution in [0.25, 0.3) is 0 Å². The van der Waals surface area contributed by atoms with Crippen molar-refractivity contribution in [1.82, 2.24) is 10.2 Å². The van der Waals surface area contributed by atoms with Crippen LogP contribution in [0, 0.1) is 0 Å². The molecule has 1 aromatic heterocycles. The van der Waals surface area contributed by atoms with Crippen molar-refractivity contribution < 1.29 is 0 Å². The lowest BCUT2D eigenvalue weighted by atomic mass is 10.2. The number of likely N-dealkylation sites (tertiary alicyclic amines) is 1. The van der Waals surface area contributed by atoms with Gasteiger partial charge in [-0.05, 0) is 45.9 Å². The molecule has 0 radical (unpaired) electrons. The lowest BCUT2D eigenvalue weighted by molar-refractivity contribution is 0.266. The summed E-state index contributed by atoms with van der Waals surface area (Å²) in [6, 6.07) is 5.79. The first-order chi connectivity index (χ1) is 8.06. The number of thiophene rings is 1. The third kappa shape index (κ3) is 3.44. The molecule has 4 heteroatoms. The quantitative estimate of drug-likeness (QED) is 0.902. The number of halogens is 1. The van der Waals surface area contributed by atoms with Crippen LogP contribution in [0.15, 0.2) is 12.1 Å². The van der Waals surface area contributed by atoms with Crippen LogP contribution >= 0.6 is 22.9 Å². The van der Waals surface area contributed by atoms with E-state index >= 15 is 0 Å². The topological polar surface area (TPSA) is 15.3 Å². The number of nitrogens with one attached hydrogen (secondary N) is 1. The zero-order chi connectivity index (χ0) is 12.4. The molecular formula is C13H21ClN2S. The maximum Gasteiger partial charge on any atom is 0.0931 e.